The molecule has 0 radical (unpaired) electrons. The van der Waals surface area contributed by atoms with Gasteiger partial charge in [0.05, 0.1) is 0 Å². The van der Waals surface area contributed by atoms with Crippen LogP contribution in [0.4, 0.5) is 4.79 Å². The zero-order valence-corrected chi connectivity index (χ0v) is 7.41. The van der Waals surface area contributed by atoms with E-state index >= 15 is 0 Å². The fourth-order valence-electron chi connectivity index (χ4n) is 0.266. The molecule has 1 N–H and O–H groups in total. The number of hydrogen-bond acceptors (Lipinski definition) is 2. The lowest BCUT2D eigenvalue weighted by atomic mass is 10.5. The first-order chi connectivity index (χ1) is 3.77. The van der Waals surface area contributed by atoms with Gasteiger partial charge in [0.2, 0.25) is 0 Å². The molecular formula is C4H8INOS. The minimum atomic E-state index is 0.00406. The summed E-state index contributed by atoms with van der Waals surface area (Å²) in [5.74, 6) is 0.830. The lowest BCUT2D eigenvalue weighted by Crippen LogP contribution is -2.17. The van der Waals surface area contributed by atoms with Crippen LogP contribution in [0.25, 0.3) is 0 Å². The average Bonchev–Trinajstić information content (AvgIpc) is 1.66. The Balaban J connectivity index is 2.82. The number of rotatable bonds is 3. The van der Waals surface area contributed by atoms with Crippen molar-refractivity contribution in [2.45, 2.75) is 6.42 Å². The number of carbonyl (C=O) groups is 1. The molecule has 0 bridgehead atoms. The van der Waals surface area contributed by atoms with Crippen molar-refractivity contribution < 1.29 is 4.79 Å². The molecule has 0 atom stereocenters. The van der Waals surface area contributed by atoms with Gasteiger partial charge in [-0.1, -0.05) is 0 Å². The van der Waals surface area contributed by atoms with E-state index in [1.165, 1.54) is 0 Å². The summed E-state index contributed by atoms with van der Waals surface area (Å²) < 4.78 is 0.00406. The van der Waals surface area contributed by atoms with Gasteiger partial charge in [0.25, 0.3) is 3.91 Å². The van der Waals surface area contributed by atoms with Crippen molar-refractivity contribution in [2.75, 3.05) is 12.3 Å². The van der Waals surface area contributed by atoms with Crippen molar-refractivity contribution in [3.05, 3.63) is 0 Å². The Kier molecular flexibility index (Phi) is 6.07. The van der Waals surface area contributed by atoms with Crippen LogP contribution in [-0.4, -0.2) is 16.2 Å². The second kappa shape index (κ2) is 5.68. The summed E-state index contributed by atoms with van der Waals surface area (Å²) >= 11 is 5.68. The summed E-state index contributed by atoms with van der Waals surface area (Å²) in [5.41, 5.74) is 0. The maximum atomic E-state index is 10.2. The quantitative estimate of drug-likeness (QED) is 0.254. The van der Waals surface area contributed by atoms with E-state index in [-0.39, 0.29) is 3.91 Å². The minimum absolute atomic E-state index is 0.00406. The molecule has 48 valence electrons. The molecule has 0 aliphatic rings. The number of hydrogen-bond donors (Lipinski definition) is 2. The second-order valence-electron chi connectivity index (χ2n) is 1.28. The number of thiol groups is 1. The summed E-state index contributed by atoms with van der Waals surface area (Å²) in [7, 11) is 0. The van der Waals surface area contributed by atoms with Crippen LogP contribution in [0.5, 0.6) is 0 Å². The Hall–Kier alpha value is 0.550. The van der Waals surface area contributed by atoms with E-state index in [0.29, 0.717) is 0 Å². The minimum Gasteiger partial charge on any atom is -0.347 e. The van der Waals surface area contributed by atoms with Gasteiger partial charge in [0, 0.05) is 29.1 Å². The van der Waals surface area contributed by atoms with Crippen LogP contribution in [0, 0.1) is 0 Å². The van der Waals surface area contributed by atoms with Crippen molar-refractivity contribution in [3.8, 4) is 0 Å². The Morgan fingerprint density at radius 1 is 1.75 bits per heavy atom. The standard InChI is InChI=1S/C4H8INOS/c5-4(7)6-2-1-3-8/h8H,1-3H2,(H,6,7). The number of nitrogens with one attached hydrogen (secondary N) is 1. The van der Waals surface area contributed by atoms with Crippen molar-refractivity contribution in [1.29, 1.82) is 0 Å². The van der Waals surface area contributed by atoms with Crippen molar-refractivity contribution >= 4 is 39.1 Å². The molecule has 0 rings (SSSR count). The van der Waals surface area contributed by atoms with E-state index in [9.17, 15) is 4.79 Å². The predicted molar refractivity (Wildman–Crippen MR) is 45.9 cm³/mol. The maximum absolute atomic E-state index is 10.2. The maximum Gasteiger partial charge on any atom is 0.280 e. The number of halogens is 1. The summed E-state index contributed by atoms with van der Waals surface area (Å²) in [5, 5.41) is 2.65. The van der Waals surface area contributed by atoms with Crippen LogP contribution in [0.3, 0.4) is 0 Å². The van der Waals surface area contributed by atoms with Gasteiger partial charge in [0.1, 0.15) is 0 Å². The fraction of sp³-hybridized carbons (Fsp3) is 0.750. The molecule has 0 aliphatic carbocycles. The van der Waals surface area contributed by atoms with Gasteiger partial charge >= 0.3 is 0 Å². The summed E-state index contributed by atoms with van der Waals surface area (Å²) in [4.78, 5) is 10.2. The van der Waals surface area contributed by atoms with E-state index < -0.39 is 0 Å². The first-order valence-electron chi connectivity index (χ1n) is 2.31. The lowest BCUT2D eigenvalue weighted by molar-refractivity contribution is 0.263. The molecule has 0 aromatic carbocycles. The zero-order chi connectivity index (χ0) is 6.41. The van der Waals surface area contributed by atoms with Crippen molar-refractivity contribution in [3.63, 3.8) is 0 Å². The molecule has 1 amide bonds. The molecule has 0 aliphatic heterocycles. The van der Waals surface area contributed by atoms with Crippen molar-refractivity contribution in [2.24, 2.45) is 0 Å². The predicted octanol–water partition coefficient (Wildman–Crippen LogP) is 1.45. The highest BCUT2D eigenvalue weighted by Gasteiger charge is 1.88. The highest BCUT2D eigenvalue weighted by molar-refractivity contribution is 14.1. The summed E-state index contributed by atoms with van der Waals surface area (Å²) in [6.07, 6.45) is 0.942. The molecule has 4 heteroatoms. The van der Waals surface area contributed by atoms with Crippen molar-refractivity contribution in [1.82, 2.24) is 5.32 Å². The Labute approximate surface area is 68.0 Å². The van der Waals surface area contributed by atoms with Gasteiger partial charge in [-0.05, 0) is 12.2 Å². The first-order valence-corrected chi connectivity index (χ1v) is 4.02. The molecular weight excluding hydrogens is 237 g/mol. The van der Waals surface area contributed by atoms with Crippen LogP contribution in [0.1, 0.15) is 6.42 Å². The highest BCUT2D eigenvalue weighted by Crippen LogP contribution is 1.84. The third-order valence-electron chi connectivity index (χ3n) is 0.599. The zero-order valence-electron chi connectivity index (χ0n) is 4.35. The van der Waals surface area contributed by atoms with E-state index in [1.54, 1.807) is 22.6 Å². The molecule has 0 unspecified atom stereocenters. The molecule has 0 spiro atoms. The largest absolute Gasteiger partial charge is 0.347 e. The molecule has 0 saturated heterocycles. The summed E-state index contributed by atoms with van der Waals surface area (Å²) in [6.45, 7) is 0.741. The van der Waals surface area contributed by atoms with Gasteiger partial charge in [-0.25, -0.2) is 0 Å². The molecule has 0 heterocycles. The third-order valence-corrected chi connectivity index (χ3v) is 1.30. The van der Waals surface area contributed by atoms with Crippen LogP contribution >= 0.6 is 35.2 Å². The Morgan fingerprint density at radius 2 is 2.38 bits per heavy atom. The highest BCUT2D eigenvalue weighted by atomic mass is 127. The van der Waals surface area contributed by atoms with E-state index in [4.69, 9.17) is 0 Å². The second-order valence-corrected chi connectivity index (χ2v) is 2.70. The van der Waals surface area contributed by atoms with Crippen LogP contribution in [0.2, 0.25) is 0 Å². The molecule has 2 nitrogen and oxygen atoms in total. The lowest BCUT2D eigenvalue weighted by Gasteiger charge is -1.94. The van der Waals surface area contributed by atoms with E-state index in [1.807, 2.05) is 0 Å². The van der Waals surface area contributed by atoms with Gasteiger partial charge in [-0.2, -0.15) is 12.6 Å². The SMILES string of the molecule is O=C(I)NCCCS. The number of amides is 1. The Bertz CT molecular complexity index is 78.4. The number of carbonyl (C=O) groups excluding carboxylic acids is 1. The molecule has 8 heavy (non-hydrogen) atoms. The third kappa shape index (κ3) is 6.55. The molecule has 0 fully saturated rings. The van der Waals surface area contributed by atoms with Crippen LogP contribution in [-0.2, 0) is 0 Å². The van der Waals surface area contributed by atoms with Crippen LogP contribution in [0.15, 0.2) is 0 Å². The smallest absolute Gasteiger partial charge is 0.280 e. The van der Waals surface area contributed by atoms with E-state index in [2.05, 4.69) is 17.9 Å². The van der Waals surface area contributed by atoms with Gasteiger partial charge < -0.3 is 5.32 Å². The van der Waals surface area contributed by atoms with Crippen LogP contribution < -0.4 is 5.32 Å². The van der Waals surface area contributed by atoms with Gasteiger partial charge in [-0.3, -0.25) is 4.79 Å². The topological polar surface area (TPSA) is 29.1 Å². The molecule has 0 saturated carbocycles. The van der Waals surface area contributed by atoms with E-state index in [0.717, 1.165) is 18.7 Å². The summed E-state index contributed by atoms with van der Waals surface area (Å²) in [6, 6.07) is 0. The van der Waals surface area contributed by atoms with Gasteiger partial charge in [0.15, 0.2) is 0 Å². The molecule has 0 aromatic rings. The van der Waals surface area contributed by atoms with Gasteiger partial charge in [-0.15, -0.1) is 0 Å². The fourth-order valence-corrected chi connectivity index (χ4v) is 0.694. The molecule has 0 aromatic heterocycles. The average molecular weight is 245 g/mol. The monoisotopic (exact) mass is 245 g/mol. The normalized spacial score (nSPS) is 8.75. The first kappa shape index (κ1) is 8.55. The Morgan fingerprint density at radius 3 is 2.75 bits per heavy atom.